The van der Waals surface area contributed by atoms with Gasteiger partial charge < -0.3 is 14.8 Å². The molecule has 1 aliphatic heterocycles. The molecule has 1 heterocycles. The van der Waals surface area contributed by atoms with Gasteiger partial charge in [-0.25, -0.2) is 5.43 Å². The van der Waals surface area contributed by atoms with Crippen LogP contribution in [0, 0.1) is 5.92 Å². The van der Waals surface area contributed by atoms with Gasteiger partial charge in [0.1, 0.15) is 11.5 Å². The van der Waals surface area contributed by atoms with Crippen LogP contribution in [0.25, 0.3) is 0 Å². The van der Waals surface area contributed by atoms with Crippen LogP contribution in [-0.4, -0.2) is 33.2 Å². The second-order valence-electron chi connectivity index (χ2n) is 6.09. The number of amides is 1. The molecule has 1 amide bonds. The molecule has 2 aromatic rings. The summed E-state index contributed by atoms with van der Waals surface area (Å²) in [5.41, 5.74) is 8.01. The molecule has 1 fully saturated rings. The van der Waals surface area contributed by atoms with Gasteiger partial charge in [-0.05, 0) is 35.9 Å². The molecule has 0 spiro atoms. The molecule has 0 aromatic heterocycles. The maximum atomic E-state index is 12.5. The smallest absolute Gasteiger partial charge is 0.255 e. The summed E-state index contributed by atoms with van der Waals surface area (Å²) in [6.45, 7) is 1.27. The number of hydrazine groups is 1. The van der Waals surface area contributed by atoms with E-state index in [1.54, 1.807) is 25.3 Å². The highest BCUT2D eigenvalue weighted by Crippen LogP contribution is 2.27. The highest BCUT2D eigenvalue weighted by molar-refractivity contribution is 6.30. The highest BCUT2D eigenvalue weighted by atomic mass is 35.5. The van der Waals surface area contributed by atoms with Gasteiger partial charge in [0.2, 0.25) is 0 Å². The number of hydrogen-bond acceptors (Lipinski definition) is 5. The Hall–Kier alpha value is -2.28. The number of rotatable bonds is 6. The number of nitrogens with one attached hydrogen (secondary N) is 3. The van der Waals surface area contributed by atoms with E-state index in [4.69, 9.17) is 21.1 Å². The zero-order valence-electron chi connectivity index (χ0n) is 14.7. The van der Waals surface area contributed by atoms with Crippen LogP contribution in [0.2, 0.25) is 5.02 Å². The molecule has 1 saturated heterocycles. The summed E-state index contributed by atoms with van der Waals surface area (Å²) < 4.78 is 10.5. The summed E-state index contributed by atoms with van der Waals surface area (Å²) in [6, 6.07) is 13.0. The first kappa shape index (κ1) is 18.5. The first-order valence-corrected chi connectivity index (χ1v) is 8.74. The molecular weight excluding hydrogens is 354 g/mol. The zero-order valence-corrected chi connectivity index (χ0v) is 15.5. The summed E-state index contributed by atoms with van der Waals surface area (Å²) in [5, 5.41) is 3.52. The minimum absolute atomic E-state index is 0.0810. The van der Waals surface area contributed by atoms with Crippen LogP contribution in [0.15, 0.2) is 42.5 Å². The van der Waals surface area contributed by atoms with E-state index in [2.05, 4.69) is 16.2 Å². The zero-order chi connectivity index (χ0) is 18.5. The molecule has 0 aliphatic carbocycles. The van der Waals surface area contributed by atoms with Crippen molar-refractivity contribution in [2.45, 2.75) is 6.04 Å². The van der Waals surface area contributed by atoms with Crippen LogP contribution >= 0.6 is 11.6 Å². The third kappa shape index (κ3) is 4.09. The minimum atomic E-state index is -0.185. The second-order valence-corrected chi connectivity index (χ2v) is 6.53. The molecule has 138 valence electrons. The van der Waals surface area contributed by atoms with E-state index in [1.807, 2.05) is 24.3 Å². The monoisotopic (exact) mass is 375 g/mol. The van der Waals surface area contributed by atoms with Gasteiger partial charge in [0, 0.05) is 24.0 Å². The van der Waals surface area contributed by atoms with Gasteiger partial charge in [-0.3, -0.25) is 10.2 Å². The SMILES string of the molecule is COc1cccc(C2NNCC2CNC(=O)c2ccc(Cl)cc2OC)c1. The Morgan fingerprint density at radius 1 is 1.23 bits per heavy atom. The molecule has 0 radical (unpaired) electrons. The lowest BCUT2D eigenvalue weighted by molar-refractivity contribution is 0.0944. The predicted molar refractivity (Wildman–Crippen MR) is 101 cm³/mol. The fraction of sp³-hybridized carbons (Fsp3) is 0.316. The maximum Gasteiger partial charge on any atom is 0.255 e. The Balaban J connectivity index is 1.67. The molecule has 0 bridgehead atoms. The van der Waals surface area contributed by atoms with Gasteiger partial charge >= 0.3 is 0 Å². The highest BCUT2D eigenvalue weighted by Gasteiger charge is 2.29. The molecule has 26 heavy (non-hydrogen) atoms. The Morgan fingerprint density at radius 3 is 2.85 bits per heavy atom. The van der Waals surface area contributed by atoms with Gasteiger partial charge in [-0.2, -0.15) is 0 Å². The molecule has 6 nitrogen and oxygen atoms in total. The van der Waals surface area contributed by atoms with E-state index in [-0.39, 0.29) is 17.9 Å². The van der Waals surface area contributed by atoms with Crippen LogP contribution in [0.5, 0.6) is 11.5 Å². The van der Waals surface area contributed by atoms with Crippen molar-refractivity contribution in [1.29, 1.82) is 0 Å². The molecule has 1 aliphatic rings. The molecule has 3 rings (SSSR count). The average molecular weight is 376 g/mol. The molecule has 7 heteroatoms. The van der Waals surface area contributed by atoms with Crippen molar-refractivity contribution >= 4 is 17.5 Å². The number of carbonyl (C=O) groups is 1. The lowest BCUT2D eigenvalue weighted by Crippen LogP contribution is -2.33. The van der Waals surface area contributed by atoms with Crippen molar-refractivity contribution < 1.29 is 14.3 Å². The summed E-state index contributed by atoms with van der Waals surface area (Å²) >= 11 is 5.95. The standard InChI is InChI=1S/C19H22ClN3O3/c1-25-15-5-3-4-12(8-15)18-13(11-22-23-18)10-21-19(24)16-7-6-14(20)9-17(16)26-2/h3-9,13,18,22-23H,10-11H2,1-2H3,(H,21,24). The van der Waals surface area contributed by atoms with Crippen molar-refractivity contribution in [1.82, 2.24) is 16.2 Å². The Kier molecular flexibility index (Phi) is 5.98. The fourth-order valence-corrected chi connectivity index (χ4v) is 3.25. The number of hydrogen-bond donors (Lipinski definition) is 3. The lowest BCUT2D eigenvalue weighted by Gasteiger charge is -2.20. The Bertz CT molecular complexity index is 784. The minimum Gasteiger partial charge on any atom is -0.497 e. The largest absolute Gasteiger partial charge is 0.497 e. The number of carbonyl (C=O) groups excluding carboxylic acids is 1. The van der Waals surface area contributed by atoms with E-state index in [9.17, 15) is 4.79 Å². The predicted octanol–water partition coefficient (Wildman–Crippen LogP) is 2.55. The Labute approximate surface area is 157 Å². The third-order valence-electron chi connectivity index (χ3n) is 4.48. The van der Waals surface area contributed by atoms with Crippen molar-refractivity contribution in [2.24, 2.45) is 5.92 Å². The van der Waals surface area contributed by atoms with Crippen LogP contribution in [0.4, 0.5) is 0 Å². The molecular formula is C19H22ClN3O3. The lowest BCUT2D eigenvalue weighted by atomic mass is 9.94. The fourth-order valence-electron chi connectivity index (χ4n) is 3.09. The summed E-state index contributed by atoms with van der Waals surface area (Å²) in [5.74, 6) is 1.28. The second kappa shape index (κ2) is 8.40. The van der Waals surface area contributed by atoms with Gasteiger partial charge in [-0.1, -0.05) is 23.7 Å². The van der Waals surface area contributed by atoms with Gasteiger partial charge in [0.15, 0.2) is 0 Å². The van der Waals surface area contributed by atoms with E-state index in [1.165, 1.54) is 7.11 Å². The molecule has 2 unspecified atom stereocenters. The first-order valence-electron chi connectivity index (χ1n) is 8.36. The number of benzene rings is 2. The Morgan fingerprint density at radius 2 is 2.08 bits per heavy atom. The van der Waals surface area contributed by atoms with Gasteiger partial charge in [0.05, 0.1) is 25.8 Å². The molecule has 3 N–H and O–H groups in total. The first-order chi connectivity index (χ1) is 12.6. The van der Waals surface area contributed by atoms with Crippen molar-refractivity contribution in [3.63, 3.8) is 0 Å². The number of ether oxygens (including phenoxy) is 2. The normalized spacial score (nSPS) is 19.2. The molecule has 2 aromatic carbocycles. The van der Waals surface area contributed by atoms with Gasteiger partial charge in [-0.15, -0.1) is 0 Å². The number of halogens is 1. The summed E-state index contributed by atoms with van der Waals surface area (Å²) in [7, 11) is 3.17. The van der Waals surface area contributed by atoms with Crippen molar-refractivity contribution in [3.8, 4) is 11.5 Å². The number of methoxy groups -OCH3 is 2. The third-order valence-corrected chi connectivity index (χ3v) is 4.71. The van der Waals surface area contributed by atoms with E-state index in [0.717, 1.165) is 17.9 Å². The van der Waals surface area contributed by atoms with Crippen LogP contribution in [0.1, 0.15) is 22.0 Å². The summed E-state index contributed by atoms with van der Waals surface area (Å²) in [6.07, 6.45) is 0. The molecule has 2 atom stereocenters. The summed E-state index contributed by atoms with van der Waals surface area (Å²) in [4.78, 5) is 12.5. The van der Waals surface area contributed by atoms with Crippen LogP contribution in [0.3, 0.4) is 0 Å². The van der Waals surface area contributed by atoms with E-state index < -0.39 is 0 Å². The average Bonchev–Trinajstić information content (AvgIpc) is 3.14. The quantitative estimate of drug-likeness (QED) is 0.723. The van der Waals surface area contributed by atoms with Crippen LogP contribution in [-0.2, 0) is 0 Å². The van der Waals surface area contributed by atoms with Crippen molar-refractivity contribution in [2.75, 3.05) is 27.3 Å². The topological polar surface area (TPSA) is 71.6 Å². The van der Waals surface area contributed by atoms with Gasteiger partial charge in [0.25, 0.3) is 5.91 Å². The van der Waals surface area contributed by atoms with Crippen molar-refractivity contribution in [3.05, 3.63) is 58.6 Å². The van der Waals surface area contributed by atoms with Crippen LogP contribution < -0.4 is 25.6 Å². The molecule has 0 saturated carbocycles. The van der Waals surface area contributed by atoms with E-state index >= 15 is 0 Å². The maximum absolute atomic E-state index is 12.5. The van der Waals surface area contributed by atoms with E-state index in [0.29, 0.717) is 22.9 Å².